The summed E-state index contributed by atoms with van der Waals surface area (Å²) in [6.07, 6.45) is 28.1. The van der Waals surface area contributed by atoms with Gasteiger partial charge in [0, 0.05) is 82.6 Å². The maximum atomic E-state index is 12.6. The van der Waals surface area contributed by atoms with Crippen molar-refractivity contribution in [2.45, 2.75) is 200 Å². The Balaban J connectivity index is 0.00000131. The molecule has 0 unspecified atom stereocenters. The van der Waals surface area contributed by atoms with E-state index in [0.29, 0.717) is 71.0 Å². The number of ether oxygens (including phenoxy) is 4. The number of piperidine rings is 1. The Morgan fingerprint density at radius 2 is 1.11 bits per heavy atom. The van der Waals surface area contributed by atoms with Gasteiger partial charge >= 0.3 is 17.9 Å². The van der Waals surface area contributed by atoms with Gasteiger partial charge in [-0.3, -0.25) is 38.4 Å². The van der Waals surface area contributed by atoms with Gasteiger partial charge < -0.3 is 65.4 Å². The molecule has 1 aromatic rings. The predicted molar refractivity (Wildman–Crippen MR) is 304 cm³/mol. The number of imidazole rings is 1. The zero-order chi connectivity index (χ0) is 59.6. The van der Waals surface area contributed by atoms with Crippen molar-refractivity contribution in [3.05, 3.63) is 18.2 Å². The monoisotopic (exact) mass is 1150 g/mol. The lowest BCUT2D eigenvalue weighted by atomic mass is 9.94. The van der Waals surface area contributed by atoms with Gasteiger partial charge in [-0.05, 0) is 44.9 Å². The predicted octanol–water partition coefficient (Wildman–Crippen LogP) is 6.31. The van der Waals surface area contributed by atoms with Crippen molar-refractivity contribution < 1.29 is 77.4 Å². The second-order valence-electron chi connectivity index (χ2n) is 20.6. The highest BCUT2D eigenvalue weighted by molar-refractivity contribution is 5.86. The standard InChI is InChI=1S/C39H63N7O14.C19H38O2/c1-2-36(51)46-15-10-28(11-16-46)37(52)45-32(39(55)56)8-9-33(48)42-13-17-57-19-22-60-26-35(50)43-14-18-58-20-21-59-25-34(49)41-12-4-3-5-29(38(53)54)23-31(47)7-6-30-24-40-27-44-30;1-2-3-4-5-6-7-8-9-10-11-12-13-14-15-16-17-18-19(20)21/h24,27-29,32H,2-23,25-26H2,1H3,(H,40,44)(H,41,49)(H,42,48)(H,43,50)(H,45,52)(H,53,54)(H,55,56);2-18H2,1H3,(H,20,21)/t29-,32+;/m1./s1. The number of aromatic amines is 1. The molecule has 8 N–H and O–H groups in total. The first kappa shape index (κ1) is 73.5. The lowest BCUT2D eigenvalue weighted by molar-refractivity contribution is -0.144. The molecule has 2 heterocycles. The Labute approximate surface area is 480 Å². The Morgan fingerprint density at radius 3 is 1.60 bits per heavy atom. The van der Waals surface area contributed by atoms with Gasteiger partial charge in [0.25, 0.3) is 0 Å². The van der Waals surface area contributed by atoms with Gasteiger partial charge in [-0.15, -0.1) is 0 Å². The lowest BCUT2D eigenvalue weighted by Gasteiger charge is -2.31. The van der Waals surface area contributed by atoms with Gasteiger partial charge in [-0.2, -0.15) is 0 Å². The third-order valence-electron chi connectivity index (χ3n) is 13.7. The molecule has 1 fully saturated rings. The Morgan fingerprint density at radius 1 is 0.593 bits per heavy atom. The van der Waals surface area contributed by atoms with Gasteiger partial charge in [-0.25, -0.2) is 9.78 Å². The number of Topliss-reactive ketones (excluding diaryl/α,β-unsaturated/α-hetero) is 1. The molecule has 1 aromatic heterocycles. The van der Waals surface area contributed by atoms with Gasteiger partial charge in [0.05, 0.1) is 51.9 Å². The van der Waals surface area contributed by atoms with E-state index >= 15 is 0 Å². The SMILES string of the molecule is CCC(=O)N1CCC(C(=O)N[C@@H](CCC(=O)NCCOCCOCC(=O)NCCOCCOCC(=O)NCCCC[C@H](CC(=O)CCc2cnc[nH]2)C(=O)O)C(=O)O)CC1.CCCCCCCCCCCCCCCCCCC(=O)O. The Bertz CT molecular complexity index is 1870. The second-order valence-corrected chi connectivity index (χ2v) is 20.6. The summed E-state index contributed by atoms with van der Waals surface area (Å²) >= 11 is 0. The number of carboxylic acids is 3. The van der Waals surface area contributed by atoms with Gasteiger partial charge in [0.1, 0.15) is 25.0 Å². The van der Waals surface area contributed by atoms with Crippen LogP contribution in [-0.2, 0) is 68.5 Å². The molecule has 1 aliphatic rings. The minimum absolute atomic E-state index is 0.0229. The number of aromatic nitrogens is 2. The number of aliphatic carboxylic acids is 3. The number of aryl methyl sites for hydroxylation is 1. The Kier molecular flexibility index (Phi) is 45.6. The molecule has 81 heavy (non-hydrogen) atoms. The van der Waals surface area contributed by atoms with Crippen molar-refractivity contribution in [1.29, 1.82) is 0 Å². The van der Waals surface area contributed by atoms with Crippen LogP contribution >= 0.6 is 0 Å². The molecule has 5 amide bonds. The number of unbranched alkanes of at least 4 members (excludes halogenated alkanes) is 16. The maximum absolute atomic E-state index is 12.6. The van der Waals surface area contributed by atoms with Crippen molar-refractivity contribution in [3.8, 4) is 0 Å². The number of carbonyl (C=O) groups excluding carboxylic acids is 6. The van der Waals surface area contributed by atoms with E-state index in [9.17, 15) is 53.4 Å². The van der Waals surface area contributed by atoms with Crippen LogP contribution in [0.15, 0.2) is 12.5 Å². The van der Waals surface area contributed by atoms with Gasteiger partial charge in [0.2, 0.25) is 29.5 Å². The van der Waals surface area contributed by atoms with Crippen molar-refractivity contribution in [2.24, 2.45) is 11.8 Å². The summed E-state index contributed by atoms with van der Waals surface area (Å²) in [6.45, 7) is 6.44. The molecule has 0 spiro atoms. The largest absolute Gasteiger partial charge is 0.481 e. The number of likely N-dealkylation sites (tertiary alicyclic amines) is 1. The van der Waals surface area contributed by atoms with Crippen LogP contribution in [0.2, 0.25) is 0 Å². The molecule has 0 saturated carbocycles. The highest BCUT2D eigenvalue weighted by atomic mass is 16.5. The molecule has 23 nitrogen and oxygen atoms in total. The number of hydrogen-bond acceptors (Lipinski definition) is 14. The number of carboxylic acid groups (broad SMARTS) is 3. The molecule has 0 radical (unpaired) electrons. The van der Waals surface area contributed by atoms with Gasteiger partial charge in [-0.1, -0.05) is 117 Å². The van der Waals surface area contributed by atoms with E-state index in [1.807, 2.05) is 0 Å². The van der Waals surface area contributed by atoms with Gasteiger partial charge in [0.15, 0.2) is 0 Å². The van der Waals surface area contributed by atoms with Crippen LogP contribution in [0.3, 0.4) is 0 Å². The number of rotatable bonds is 51. The topological polar surface area (TPSA) is 331 Å². The smallest absolute Gasteiger partial charge is 0.326 e. The molecular weight excluding hydrogens is 1050 g/mol. The van der Waals surface area contributed by atoms with Crippen molar-refractivity contribution in [2.75, 3.05) is 85.6 Å². The number of nitrogens with one attached hydrogen (secondary N) is 5. The molecular formula is C58H101N7O16. The highest BCUT2D eigenvalue weighted by Crippen LogP contribution is 2.20. The molecule has 464 valence electrons. The average Bonchev–Trinajstić information content (AvgIpc) is 3.98. The van der Waals surface area contributed by atoms with E-state index in [1.54, 1.807) is 18.0 Å². The van der Waals surface area contributed by atoms with E-state index in [1.165, 1.54) is 96.2 Å². The molecule has 23 heteroatoms. The minimum atomic E-state index is -1.23. The molecule has 2 atom stereocenters. The summed E-state index contributed by atoms with van der Waals surface area (Å²) in [5.74, 6) is -5.59. The van der Waals surface area contributed by atoms with Crippen LogP contribution in [0, 0.1) is 11.8 Å². The number of H-pyrrole nitrogens is 1. The fourth-order valence-electron chi connectivity index (χ4n) is 8.88. The number of amides is 5. The average molecular weight is 1150 g/mol. The quantitative estimate of drug-likeness (QED) is 0.0331. The first-order valence-corrected chi connectivity index (χ1v) is 30.0. The number of ketones is 1. The zero-order valence-corrected chi connectivity index (χ0v) is 48.9. The van der Waals surface area contributed by atoms with E-state index < -0.39 is 41.7 Å². The summed E-state index contributed by atoms with van der Waals surface area (Å²) in [4.78, 5) is 115. The van der Waals surface area contributed by atoms with Crippen molar-refractivity contribution >= 4 is 53.2 Å². The normalized spacial score (nSPS) is 13.1. The minimum Gasteiger partial charge on any atom is -0.481 e. The van der Waals surface area contributed by atoms with E-state index in [-0.39, 0.29) is 121 Å². The number of nitrogens with zero attached hydrogens (tertiary/aromatic N) is 2. The summed E-state index contributed by atoms with van der Waals surface area (Å²) in [7, 11) is 0. The van der Waals surface area contributed by atoms with E-state index in [4.69, 9.17) is 24.1 Å². The summed E-state index contributed by atoms with van der Waals surface area (Å²) < 4.78 is 21.3. The third-order valence-corrected chi connectivity index (χ3v) is 13.7. The lowest BCUT2D eigenvalue weighted by Crippen LogP contribution is -2.47. The van der Waals surface area contributed by atoms with E-state index in [2.05, 4.69) is 38.2 Å². The van der Waals surface area contributed by atoms with E-state index in [0.717, 1.165) is 18.5 Å². The van der Waals surface area contributed by atoms with Crippen molar-refractivity contribution in [3.63, 3.8) is 0 Å². The fraction of sp³-hybridized carbons (Fsp3) is 0.793. The van der Waals surface area contributed by atoms with Crippen LogP contribution in [0.5, 0.6) is 0 Å². The first-order valence-electron chi connectivity index (χ1n) is 30.0. The van der Waals surface area contributed by atoms with Crippen LogP contribution in [-0.4, -0.2) is 175 Å². The highest BCUT2D eigenvalue weighted by Gasteiger charge is 2.30. The Hall–Kier alpha value is -5.52. The molecule has 1 aliphatic heterocycles. The van der Waals surface area contributed by atoms with Crippen molar-refractivity contribution in [1.82, 2.24) is 36.1 Å². The summed E-state index contributed by atoms with van der Waals surface area (Å²) in [5, 5.41) is 38.0. The van der Waals surface area contributed by atoms with Crippen LogP contribution in [0.25, 0.3) is 0 Å². The molecule has 1 saturated heterocycles. The van der Waals surface area contributed by atoms with Crippen LogP contribution < -0.4 is 21.3 Å². The fourth-order valence-corrected chi connectivity index (χ4v) is 8.88. The molecule has 0 bridgehead atoms. The number of carbonyl (C=O) groups is 9. The molecule has 0 aromatic carbocycles. The van der Waals surface area contributed by atoms with Crippen LogP contribution in [0.1, 0.15) is 193 Å². The molecule has 2 rings (SSSR count). The first-order chi connectivity index (χ1) is 39.2. The summed E-state index contributed by atoms with van der Waals surface area (Å²) in [6, 6.07) is -1.21. The number of hydrogen-bond donors (Lipinski definition) is 8. The molecule has 0 aliphatic carbocycles. The van der Waals surface area contributed by atoms with Crippen LogP contribution in [0.4, 0.5) is 0 Å². The second kappa shape index (κ2) is 50.2. The maximum Gasteiger partial charge on any atom is 0.326 e. The third kappa shape index (κ3) is 42.9. The zero-order valence-electron chi connectivity index (χ0n) is 48.9. The summed E-state index contributed by atoms with van der Waals surface area (Å²) in [5.41, 5.74) is 0.821.